The van der Waals surface area contributed by atoms with Crippen LogP contribution in [0.25, 0.3) is 11.4 Å². The van der Waals surface area contributed by atoms with Crippen LogP contribution in [0.2, 0.25) is 0 Å². The molecule has 0 bridgehead atoms. The molecule has 0 aliphatic carbocycles. The van der Waals surface area contributed by atoms with Crippen LogP contribution in [0.4, 0.5) is 50.2 Å². The Morgan fingerprint density at radius 1 is 0.500 bits per heavy atom. The molecule has 0 saturated carbocycles. The van der Waals surface area contributed by atoms with Crippen LogP contribution in [0.3, 0.4) is 0 Å². The molecule has 4 N–H and O–H groups in total. The second-order valence-electron chi connectivity index (χ2n) is 10.3. The Morgan fingerprint density at radius 3 is 1.23 bits per heavy atom. The Bertz CT molecular complexity index is 1900. The number of benzene rings is 4. The number of nitrogens with zero attached hydrogens (tertiary/aromatic N) is 4. The molecule has 6 rings (SSSR count). The van der Waals surface area contributed by atoms with Crippen LogP contribution in [0, 0.1) is 37.1 Å². The van der Waals surface area contributed by atoms with E-state index in [9.17, 15) is 27.2 Å². The van der Waals surface area contributed by atoms with E-state index in [4.69, 9.17) is 0 Å². The topological polar surface area (TPSA) is 118 Å². The second kappa shape index (κ2) is 14.8. The van der Waals surface area contributed by atoms with Gasteiger partial charge in [-0.2, -0.15) is 10.2 Å². The largest absolute Gasteiger partial charge is 0.324 e. The van der Waals surface area contributed by atoms with Crippen LogP contribution >= 0.6 is 0 Å². The van der Waals surface area contributed by atoms with Crippen molar-refractivity contribution in [2.75, 3.05) is 21.3 Å². The summed E-state index contributed by atoms with van der Waals surface area (Å²) >= 11 is 0. The first-order chi connectivity index (χ1) is 23.0. The fourth-order valence-electron chi connectivity index (χ4n) is 4.41. The maximum atomic E-state index is 13.2. The molecule has 48 heavy (non-hydrogen) atoms. The highest BCUT2D eigenvalue weighted by Gasteiger charge is 2.13. The maximum Gasteiger partial charge on any atom is 0.324 e. The third-order valence-corrected chi connectivity index (χ3v) is 6.50. The van der Waals surface area contributed by atoms with Gasteiger partial charge in [0.1, 0.15) is 11.6 Å². The smallest absolute Gasteiger partial charge is 0.308 e. The van der Waals surface area contributed by atoms with Crippen molar-refractivity contribution in [1.29, 1.82) is 0 Å². The summed E-state index contributed by atoms with van der Waals surface area (Å²) in [4.78, 5) is 24.2. The minimum Gasteiger partial charge on any atom is -0.308 e. The molecule has 0 unspecified atom stereocenters. The molecule has 4 amide bonds. The van der Waals surface area contributed by atoms with Crippen molar-refractivity contribution in [3.05, 3.63) is 144 Å². The van der Waals surface area contributed by atoms with Crippen molar-refractivity contribution in [2.45, 2.75) is 13.8 Å². The van der Waals surface area contributed by atoms with Gasteiger partial charge in [0.15, 0.2) is 23.3 Å². The van der Waals surface area contributed by atoms with Crippen LogP contribution in [-0.2, 0) is 0 Å². The molecule has 0 atom stereocenters. The third-order valence-electron chi connectivity index (χ3n) is 6.50. The van der Waals surface area contributed by atoms with Gasteiger partial charge in [-0.3, -0.25) is 10.6 Å². The number of urea groups is 2. The number of carbonyl (C=O) groups is 2. The quantitative estimate of drug-likeness (QED) is 0.135. The van der Waals surface area contributed by atoms with E-state index in [1.807, 2.05) is 60.7 Å². The minimum absolute atomic E-state index is 0.147. The van der Waals surface area contributed by atoms with E-state index in [0.717, 1.165) is 47.0 Å². The van der Waals surface area contributed by atoms with Crippen LogP contribution in [0.15, 0.2) is 109 Å². The first-order valence-corrected chi connectivity index (χ1v) is 14.4. The lowest BCUT2D eigenvalue weighted by atomic mass is 10.3. The summed E-state index contributed by atoms with van der Waals surface area (Å²) in [5, 5.41) is 18.9. The van der Waals surface area contributed by atoms with Gasteiger partial charge in [0.05, 0.1) is 22.8 Å². The fourth-order valence-corrected chi connectivity index (χ4v) is 4.41. The first kappa shape index (κ1) is 32.9. The SMILES string of the molecule is Cc1cc(NC(=O)Nc2ccc(F)c(F)c2)n(-c2ccccc2)n1.Cc1cc(NC(=O)Nc2ccc(F)c(F)c2)n(-c2ccccc2)n1. The predicted octanol–water partition coefficient (Wildman–Crippen LogP) is 8.21. The lowest BCUT2D eigenvalue weighted by Gasteiger charge is -2.10. The van der Waals surface area contributed by atoms with Crippen LogP contribution in [-0.4, -0.2) is 31.6 Å². The molecule has 0 aliphatic heterocycles. The molecular formula is C34H28F4N8O2. The van der Waals surface area contributed by atoms with Crippen molar-refractivity contribution < 1.29 is 27.2 Å². The number of anilines is 4. The van der Waals surface area contributed by atoms with Crippen molar-refractivity contribution in [1.82, 2.24) is 19.6 Å². The molecular weight excluding hydrogens is 628 g/mol. The Balaban J connectivity index is 0.000000188. The molecule has 0 fully saturated rings. The summed E-state index contributed by atoms with van der Waals surface area (Å²) < 4.78 is 55.4. The number of halogens is 4. The van der Waals surface area contributed by atoms with Gasteiger partial charge < -0.3 is 10.6 Å². The summed E-state index contributed by atoms with van der Waals surface area (Å²) in [5.74, 6) is -3.09. The van der Waals surface area contributed by atoms with E-state index in [1.165, 1.54) is 12.1 Å². The van der Waals surface area contributed by atoms with Gasteiger partial charge in [-0.1, -0.05) is 36.4 Å². The number of amides is 4. The molecule has 4 aromatic carbocycles. The van der Waals surface area contributed by atoms with Crippen molar-refractivity contribution in [3.63, 3.8) is 0 Å². The van der Waals surface area contributed by atoms with E-state index in [2.05, 4.69) is 31.5 Å². The lowest BCUT2D eigenvalue weighted by Crippen LogP contribution is -2.21. The maximum absolute atomic E-state index is 13.2. The highest BCUT2D eigenvalue weighted by Crippen LogP contribution is 2.20. The van der Waals surface area contributed by atoms with Gasteiger partial charge >= 0.3 is 12.1 Å². The first-order valence-electron chi connectivity index (χ1n) is 14.4. The molecule has 0 saturated heterocycles. The van der Waals surface area contributed by atoms with Crippen molar-refractivity contribution >= 4 is 35.1 Å². The van der Waals surface area contributed by atoms with Gasteiger partial charge in [0, 0.05) is 35.6 Å². The minimum atomic E-state index is -1.03. The lowest BCUT2D eigenvalue weighted by molar-refractivity contribution is 0.261. The van der Waals surface area contributed by atoms with Crippen LogP contribution in [0.5, 0.6) is 0 Å². The summed E-state index contributed by atoms with van der Waals surface area (Å²) in [7, 11) is 0. The second-order valence-corrected chi connectivity index (χ2v) is 10.3. The monoisotopic (exact) mass is 656 g/mol. The highest BCUT2D eigenvalue weighted by atomic mass is 19.2. The van der Waals surface area contributed by atoms with E-state index < -0.39 is 35.3 Å². The normalized spacial score (nSPS) is 10.5. The molecule has 0 radical (unpaired) electrons. The van der Waals surface area contributed by atoms with Crippen LogP contribution in [0.1, 0.15) is 11.4 Å². The summed E-state index contributed by atoms with van der Waals surface area (Å²) in [6, 6.07) is 27.1. The summed E-state index contributed by atoms with van der Waals surface area (Å²) in [5.41, 5.74) is 3.31. The van der Waals surface area contributed by atoms with E-state index in [0.29, 0.717) is 11.6 Å². The number of hydrogen-bond acceptors (Lipinski definition) is 4. The summed E-state index contributed by atoms with van der Waals surface area (Å²) in [6.45, 7) is 3.61. The molecule has 2 heterocycles. The molecule has 6 aromatic rings. The number of nitrogens with one attached hydrogen (secondary N) is 4. The van der Waals surface area contributed by atoms with E-state index in [1.54, 1.807) is 35.3 Å². The average Bonchev–Trinajstić information content (AvgIpc) is 3.62. The molecule has 2 aromatic heterocycles. The van der Waals surface area contributed by atoms with Gasteiger partial charge in [-0.25, -0.2) is 36.5 Å². The average molecular weight is 657 g/mol. The highest BCUT2D eigenvalue weighted by molar-refractivity contribution is 6.00. The number of para-hydroxylation sites is 2. The Kier molecular flexibility index (Phi) is 10.1. The molecule has 14 heteroatoms. The van der Waals surface area contributed by atoms with Crippen LogP contribution < -0.4 is 21.3 Å². The fraction of sp³-hybridized carbons (Fsp3) is 0.0588. The molecule has 10 nitrogen and oxygen atoms in total. The zero-order chi connectivity index (χ0) is 34.2. The predicted molar refractivity (Wildman–Crippen MR) is 175 cm³/mol. The number of rotatable bonds is 6. The zero-order valence-corrected chi connectivity index (χ0v) is 25.5. The third kappa shape index (κ3) is 8.42. The molecule has 0 spiro atoms. The van der Waals surface area contributed by atoms with E-state index in [-0.39, 0.29) is 11.4 Å². The number of carbonyl (C=O) groups excluding carboxylic acids is 2. The standard InChI is InChI=1S/2C17H14F2N4O/c2*1-11-9-16(23(22-11)13-5-3-2-4-6-13)21-17(24)20-12-7-8-14(18)15(19)10-12/h2*2-10H,1H3,(H2,20,21,24). The Labute approximate surface area is 272 Å². The summed E-state index contributed by atoms with van der Waals surface area (Å²) in [6.07, 6.45) is 0. The van der Waals surface area contributed by atoms with Gasteiger partial charge in [0.25, 0.3) is 0 Å². The number of aryl methyl sites for hydroxylation is 2. The number of aromatic nitrogens is 4. The molecule has 0 aliphatic rings. The number of hydrogen-bond donors (Lipinski definition) is 4. The van der Waals surface area contributed by atoms with Gasteiger partial charge in [-0.05, 0) is 62.4 Å². The zero-order valence-electron chi connectivity index (χ0n) is 25.5. The van der Waals surface area contributed by atoms with Crippen molar-refractivity contribution in [2.24, 2.45) is 0 Å². The molecule has 244 valence electrons. The van der Waals surface area contributed by atoms with Gasteiger partial charge in [0.2, 0.25) is 0 Å². The Hall–Kier alpha value is -6.44. The van der Waals surface area contributed by atoms with Crippen molar-refractivity contribution in [3.8, 4) is 11.4 Å². The van der Waals surface area contributed by atoms with Gasteiger partial charge in [-0.15, -0.1) is 0 Å². The Morgan fingerprint density at radius 2 is 0.875 bits per heavy atom. The van der Waals surface area contributed by atoms with E-state index >= 15 is 0 Å².